The third kappa shape index (κ3) is 4.97. The molecule has 1 N–H and O–H groups in total. The summed E-state index contributed by atoms with van der Waals surface area (Å²) in [5.74, 6) is 2.87. The van der Waals surface area contributed by atoms with E-state index in [-0.39, 0.29) is 17.9 Å². The minimum absolute atomic E-state index is 0.0311. The van der Waals surface area contributed by atoms with Crippen LogP contribution in [-0.4, -0.2) is 74.9 Å². The molecular formula is C28H31F2N9O. The maximum Gasteiger partial charge on any atom is 0.296 e. The third-order valence-corrected chi connectivity index (χ3v) is 8.01. The second-order valence-electron chi connectivity index (χ2n) is 10.6. The van der Waals surface area contributed by atoms with Gasteiger partial charge < -0.3 is 19.9 Å². The van der Waals surface area contributed by atoms with E-state index in [1.165, 1.54) is 4.57 Å². The Morgan fingerprint density at radius 2 is 1.82 bits per heavy atom. The Morgan fingerprint density at radius 1 is 0.975 bits per heavy atom. The van der Waals surface area contributed by atoms with Gasteiger partial charge in [0.15, 0.2) is 11.6 Å². The number of para-hydroxylation sites is 2. The monoisotopic (exact) mass is 547 g/mol. The van der Waals surface area contributed by atoms with Crippen molar-refractivity contribution in [2.24, 2.45) is 5.92 Å². The average molecular weight is 548 g/mol. The highest BCUT2D eigenvalue weighted by Crippen LogP contribution is 2.37. The lowest BCUT2D eigenvalue weighted by Gasteiger charge is -2.33. The molecule has 3 aliphatic heterocycles. The van der Waals surface area contributed by atoms with Gasteiger partial charge >= 0.3 is 0 Å². The van der Waals surface area contributed by atoms with E-state index in [0.717, 1.165) is 44.0 Å². The standard InChI is InChI=1S/C28H31F2N9O/c29-26(30)28-34-19-5-1-2-6-21(19)39(28)23-15-22(37-10-12-40-13-11-37)35-27(36-23)25-20(33-25)14-18-4-3-9-38(17-18)24-16-31-7-8-32-24/h1-2,5-8,15-16,18,20,25-26,33H,3-4,9-14,17H2. The lowest BCUT2D eigenvalue weighted by Crippen LogP contribution is -2.37. The van der Waals surface area contributed by atoms with Crippen molar-refractivity contribution in [1.82, 2.24) is 34.8 Å². The lowest BCUT2D eigenvalue weighted by atomic mass is 9.92. The van der Waals surface area contributed by atoms with Crippen LogP contribution >= 0.6 is 0 Å². The van der Waals surface area contributed by atoms with Gasteiger partial charge in [-0.2, -0.15) is 0 Å². The molecule has 40 heavy (non-hydrogen) atoms. The molecule has 0 amide bonds. The Hall–Kier alpha value is -3.77. The molecule has 0 aliphatic carbocycles. The number of fused-ring (bicyclic) bond motifs is 1. The number of nitrogens with one attached hydrogen (secondary N) is 1. The fourth-order valence-electron chi connectivity index (χ4n) is 5.99. The molecule has 4 aromatic rings. The minimum Gasteiger partial charge on any atom is -0.378 e. The molecule has 12 heteroatoms. The Balaban J connectivity index is 1.18. The number of halogens is 2. The molecule has 3 saturated heterocycles. The van der Waals surface area contributed by atoms with Gasteiger partial charge in [0.05, 0.1) is 36.5 Å². The van der Waals surface area contributed by atoms with Crippen LogP contribution in [0.5, 0.6) is 0 Å². The second kappa shape index (κ2) is 10.7. The molecule has 0 bridgehead atoms. The number of alkyl halides is 2. The van der Waals surface area contributed by atoms with Gasteiger partial charge in [0.1, 0.15) is 17.5 Å². The third-order valence-electron chi connectivity index (χ3n) is 8.01. The van der Waals surface area contributed by atoms with E-state index in [0.29, 0.717) is 54.9 Å². The molecule has 6 heterocycles. The molecule has 0 spiro atoms. The van der Waals surface area contributed by atoms with E-state index in [4.69, 9.17) is 14.7 Å². The van der Waals surface area contributed by atoms with Gasteiger partial charge in [-0.3, -0.25) is 9.55 Å². The van der Waals surface area contributed by atoms with Gasteiger partial charge in [-0.1, -0.05) is 12.1 Å². The molecule has 0 radical (unpaired) electrons. The van der Waals surface area contributed by atoms with Crippen LogP contribution in [0, 0.1) is 5.92 Å². The van der Waals surface area contributed by atoms with Crippen LogP contribution < -0.4 is 15.1 Å². The van der Waals surface area contributed by atoms with E-state index in [9.17, 15) is 8.78 Å². The van der Waals surface area contributed by atoms with Crippen molar-refractivity contribution in [2.75, 3.05) is 49.2 Å². The largest absolute Gasteiger partial charge is 0.378 e. The van der Waals surface area contributed by atoms with Crippen molar-refractivity contribution >= 4 is 22.7 Å². The highest BCUT2D eigenvalue weighted by Gasteiger charge is 2.42. The molecule has 10 nitrogen and oxygen atoms in total. The Morgan fingerprint density at radius 3 is 2.65 bits per heavy atom. The number of hydrogen-bond donors (Lipinski definition) is 1. The molecule has 7 rings (SSSR count). The first-order chi connectivity index (χ1) is 19.6. The van der Waals surface area contributed by atoms with Crippen LogP contribution in [0.1, 0.15) is 43.4 Å². The maximum absolute atomic E-state index is 14.2. The number of ether oxygens (including phenoxy) is 1. The number of morpholine rings is 1. The normalized spacial score (nSPS) is 23.2. The first-order valence-corrected chi connectivity index (χ1v) is 13.9. The molecule has 3 fully saturated rings. The Kier molecular flexibility index (Phi) is 6.72. The van der Waals surface area contributed by atoms with E-state index in [1.54, 1.807) is 36.7 Å². The SMILES string of the molecule is FC(F)c1nc2ccccc2n1-c1cc(N2CCOCC2)nc(C2NC2CC2CCCN(c3cnccn3)C2)n1. The van der Waals surface area contributed by atoms with Gasteiger partial charge in [-0.15, -0.1) is 0 Å². The van der Waals surface area contributed by atoms with Crippen LogP contribution in [0.2, 0.25) is 0 Å². The van der Waals surface area contributed by atoms with Crippen LogP contribution in [0.3, 0.4) is 0 Å². The number of nitrogens with zero attached hydrogens (tertiary/aromatic N) is 8. The molecule has 1 aromatic carbocycles. The van der Waals surface area contributed by atoms with E-state index >= 15 is 0 Å². The maximum atomic E-state index is 14.2. The Bertz CT molecular complexity index is 1480. The first kappa shape index (κ1) is 25.2. The summed E-state index contributed by atoms with van der Waals surface area (Å²) in [6, 6.07) is 9.17. The molecule has 3 unspecified atom stereocenters. The summed E-state index contributed by atoms with van der Waals surface area (Å²) in [7, 11) is 0. The fraction of sp³-hybridized carbons (Fsp3) is 0.464. The number of benzene rings is 1. The molecular weight excluding hydrogens is 516 g/mol. The summed E-state index contributed by atoms with van der Waals surface area (Å²) in [4.78, 5) is 27.2. The zero-order valence-electron chi connectivity index (χ0n) is 22.0. The number of rotatable bonds is 7. The molecule has 3 atom stereocenters. The van der Waals surface area contributed by atoms with Crippen molar-refractivity contribution in [3.63, 3.8) is 0 Å². The Labute approximate surface area is 230 Å². The summed E-state index contributed by atoms with van der Waals surface area (Å²) >= 11 is 0. The van der Waals surface area contributed by atoms with Crippen molar-refractivity contribution in [2.45, 2.75) is 37.8 Å². The summed E-state index contributed by atoms with van der Waals surface area (Å²) in [5.41, 5.74) is 1.11. The van der Waals surface area contributed by atoms with Gasteiger partial charge in [0, 0.05) is 50.7 Å². The number of hydrogen-bond acceptors (Lipinski definition) is 9. The zero-order chi connectivity index (χ0) is 27.1. The molecule has 3 aliphatic rings. The van der Waals surface area contributed by atoms with Gasteiger partial charge in [-0.25, -0.2) is 28.7 Å². The van der Waals surface area contributed by atoms with Crippen LogP contribution in [-0.2, 0) is 4.74 Å². The predicted molar refractivity (Wildman–Crippen MR) is 146 cm³/mol. The van der Waals surface area contributed by atoms with Gasteiger partial charge in [0.2, 0.25) is 0 Å². The van der Waals surface area contributed by atoms with Crippen molar-refractivity contribution in [3.05, 3.63) is 60.6 Å². The van der Waals surface area contributed by atoms with E-state index < -0.39 is 6.43 Å². The number of aromatic nitrogens is 6. The number of piperidine rings is 1. The predicted octanol–water partition coefficient (Wildman–Crippen LogP) is 3.70. The van der Waals surface area contributed by atoms with Crippen LogP contribution in [0.15, 0.2) is 48.9 Å². The fourth-order valence-corrected chi connectivity index (χ4v) is 5.99. The summed E-state index contributed by atoms with van der Waals surface area (Å²) in [6.45, 7) is 4.48. The summed E-state index contributed by atoms with van der Waals surface area (Å²) < 4.78 is 35.4. The zero-order valence-corrected chi connectivity index (χ0v) is 22.0. The first-order valence-electron chi connectivity index (χ1n) is 13.9. The topological polar surface area (TPSA) is 107 Å². The molecule has 3 aromatic heterocycles. The highest BCUT2D eigenvalue weighted by molar-refractivity contribution is 5.78. The van der Waals surface area contributed by atoms with E-state index in [2.05, 4.69) is 30.1 Å². The van der Waals surface area contributed by atoms with Gasteiger partial charge in [-0.05, 0) is 37.3 Å². The second-order valence-corrected chi connectivity index (χ2v) is 10.6. The lowest BCUT2D eigenvalue weighted by molar-refractivity contribution is 0.122. The van der Waals surface area contributed by atoms with Crippen molar-refractivity contribution < 1.29 is 13.5 Å². The summed E-state index contributed by atoms with van der Waals surface area (Å²) in [5, 5.41) is 3.58. The molecule has 208 valence electrons. The average Bonchev–Trinajstić information content (AvgIpc) is 3.65. The molecule has 0 saturated carbocycles. The number of imidazole rings is 1. The van der Waals surface area contributed by atoms with Crippen LogP contribution in [0.4, 0.5) is 20.4 Å². The van der Waals surface area contributed by atoms with Crippen LogP contribution in [0.25, 0.3) is 16.9 Å². The van der Waals surface area contributed by atoms with E-state index in [1.807, 2.05) is 12.3 Å². The number of anilines is 2. The highest BCUT2D eigenvalue weighted by atomic mass is 19.3. The van der Waals surface area contributed by atoms with Crippen molar-refractivity contribution in [1.29, 1.82) is 0 Å². The van der Waals surface area contributed by atoms with Gasteiger partial charge in [0.25, 0.3) is 6.43 Å². The quantitative estimate of drug-likeness (QED) is 0.347. The minimum atomic E-state index is -2.74. The smallest absolute Gasteiger partial charge is 0.296 e. The van der Waals surface area contributed by atoms with Crippen molar-refractivity contribution in [3.8, 4) is 5.82 Å². The summed E-state index contributed by atoms with van der Waals surface area (Å²) in [6.07, 6.45) is 5.75.